The molecule has 0 spiro atoms. The van der Waals surface area contributed by atoms with Crippen molar-refractivity contribution in [2.75, 3.05) is 55.6 Å². The molecule has 0 aromatic heterocycles. The number of carbonyl (C=O) groups excluding carboxylic acids is 5. The Kier molecular flexibility index (Phi) is 17.6. The predicted octanol–water partition coefficient (Wildman–Crippen LogP) is 3.37. The zero-order valence-electron chi connectivity index (χ0n) is 34.1. The van der Waals surface area contributed by atoms with Crippen molar-refractivity contribution < 1.29 is 38.2 Å². The summed E-state index contributed by atoms with van der Waals surface area (Å²) in [6.07, 6.45) is 0.724. The van der Waals surface area contributed by atoms with Crippen LogP contribution in [0, 0.1) is 17.3 Å². The highest BCUT2D eigenvalue weighted by atomic mass is 16.5. The average Bonchev–Trinajstić information content (AvgIpc) is 3.61. The molecule has 1 aromatic carbocycles. The van der Waals surface area contributed by atoms with Crippen LogP contribution in [0.2, 0.25) is 0 Å². The van der Waals surface area contributed by atoms with Crippen LogP contribution in [0.5, 0.6) is 0 Å². The Morgan fingerprint density at radius 2 is 1.60 bits per heavy atom. The SMILES string of the molecule is C=C(c1ccccc1)[C@H](NC(=O)[C@H](C)[C@@H](OC)[C@@H]1CCCN1C(=O)C[C@@H](OC)[C@H]([C@@H](C)CC)N(C)C(=O)[C@H](C)NC(=O)C(C)(C)CN(C)C)C(=O)OC. The van der Waals surface area contributed by atoms with E-state index in [2.05, 4.69) is 17.2 Å². The number of rotatable bonds is 20. The molecule has 0 radical (unpaired) electrons. The van der Waals surface area contributed by atoms with Gasteiger partial charge >= 0.3 is 5.97 Å². The van der Waals surface area contributed by atoms with Crippen LogP contribution in [-0.2, 0) is 38.2 Å². The van der Waals surface area contributed by atoms with Crippen LogP contribution in [0.25, 0.3) is 5.57 Å². The lowest BCUT2D eigenvalue weighted by Crippen LogP contribution is -2.57. The minimum absolute atomic E-state index is 0.00540. The van der Waals surface area contributed by atoms with Crippen molar-refractivity contribution in [2.24, 2.45) is 17.3 Å². The van der Waals surface area contributed by atoms with Gasteiger partial charge in [-0.3, -0.25) is 19.2 Å². The van der Waals surface area contributed by atoms with Gasteiger partial charge in [-0.2, -0.15) is 0 Å². The molecule has 1 saturated heterocycles. The summed E-state index contributed by atoms with van der Waals surface area (Å²) < 4.78 is 16.9. The molecule has 8 atom stereocenters. The maximum atomic E-state index is 14.1. The zero-order valence-corrected chi connectivity index (χ0v) is 34.1. The second-order valence-electron chi connectivity index (χ2n) is 15.3. The number of methoxy groups -OCH3 is 3. The zero-order chi connectivity index (χ0) is 40.2. The maximum Gasteiger partial charge on any atom is 0.333 e. The minimum atomic E-state index is -1.11. The Balaban J connectivity index is 2.25. The fourth-order valence-corrected chi connectivity index (χ4v) is 7.43. The maximum absolute atomic E-state index is 14.1. The Morgan fingerprint density at radius 1 is 0.981 bits per heavy atom. The van der Waals surface area contributed by atoms with E-state index in [4.69, 9.17) is 14.2 Å². The topological polar surface area (TPSA) is 147 Å². The number of ether oxygens (including phenoxy) is 3. The van der Waals surface area contributed by atoms with E-state index < -0.39 is 59.6 Å². The molecule has 1 aliphatic heterocycles. The lowest BCUT2D eigenvalue weighted by atomic mass is 9.89. The molecule has 1 aliphatic rings. The van der Waals surface area contributed by atoms with E-state index in [1.165, 1.54) is 21.3 Å². The van der Waals surface area contributed by atoms with E-state index >= 15 is 0 Å². The number of likely N-dealkylation sites (N-methyl/N-ethyl adjacent to an activating group) is 1. The number of hydrogen-bond acceptors (Lipinski definition) is 9. The van der Waals surface area contributed by atoms with E-state index in [0.717, 1.165) is 6.42 Å². The Bertz CT molecular complexity index is 1400. The molecule has 2 N–H and O–H groups in total. The van der Waals surface area contributed by atoms with Gasteiger partial charge in [-0.25, -0.2) is 4.79 Å². The lowest BCUT2D eigenvalue weighted by molar-refractivity contribution is -0.148. The highest BCUT2D eigenvalue weighted by Gasteiger charge is 2.43. The first kappa shape index (κ1) is 45.3. The van der Waals surface area contributed by atoms with Crippen LogP contribution < -0.4 is 10.6 Å². The fraction of sp³-hybridized carbons (Fsp3) is 0.675. The molecular weight excluding hydrogens is 678 g/mol. The number of carbonyl (C=O) groups is 5. The molecular formula is C40H65N5O8. The highest BCUT2D eigenvalue weighted by Crippen LogP contribution is 2.30. The van der Waals surface area contributed by atoms with Crippen molar-refractivity contribution in [3.63, 3.8) is 0 Å². The molecule has 0 unspecified atom stereocenters. The summed E-state index contributed by atoms with van der Waals surface area (Å²) >= 11 is 0. The third-order valence-electron chi connectivity index (χ3n) is 10.5. The van der Waals surface area contributed by atoms with Crippen LogP contribution in [0.15, 0.2) is 36.9 Å². The Hall–Kier alpha value is -3.81. The standard InChI is InChI=1S/C40H65N5O8/c1-14-25(2)34(44(10)37(48)28(5)41-39(50)40(6,7)24-43(8)9)31(51-11)23-32(46)45-22-18-21-30(45)35(52-12)27(4)36(47)42-33(38(49)53-13)26(3)29-19-16-15-17-20-29/h15-17,19-20,25,27-28,30-31,33-35H,3,14,18,21-24H2,1-2,4-13H3,(H,41,50)(H,42,47)/t25-,27+,28-,30-,31+,33-,34-,35+/m0/s1. The van der Waals surface area contributed by atoms with Crippen molar-refractivity contribution in [3.8, 4) is 0 Å². The van der Waals surface area contributed by atoms with Gasteiger partial charge in [-0.1, -0.05) is 64.1 Å². The summed E-state index contributed by atoms with van der Waals surface area (Å²) in [4.78, 5) is 72.8. The van der Waals surface area contributed by atoms with Gasteiger partial charge in [0.25, 0.3) is 0 Å². The van der Waals surface area contributed by atoms with Crippen molar-refractivity contribution in [1.29, 1.82) is 0 Å². The Morgan fingerprint density at radius 3 is 2.13 bits per heavy atom. The predicted molar refractivity (Wildman–Crippen MR) is 205 cm³/mol. The number of nitrogens with zero attached hydrogens (tertiary/aromatic N) is 3. The lowest BCUT2D eigenvalue weighted by Gasteiger charge is -2.40. The number of hydrogen-bond donors (Lipinski definition) is 2. The van der Waals surface area contributed by atoms with Crippen LogP contribution in [0.3, 0.4) is 0 Å². The highest BCUT2D eigenvalue weighted by molar-refractivity contribution is 5.96. The number of benzene rings is 1. The summed E-state index contributed by atoms with van der Waals surface area (Å²) in [6.45, 7) is 16.1. The van der Waals surface area contributed by atoms with Crippen molar-refractivity contribution in [1.82, 2.24) is 25.3 Å². The van der Waals surface area contributed by atoms with Crippen LogP contribution in [0.4, 0.5) is 0 Å². The molecule has 13 heteroatoms. The molecule has 0 bridgehead atoms. The molecule has 0 saturated carbocycles. The third-order valence-corrected chi connectivity index (χ3v) is 10.5. The van der Waals surface area contributed by atoms with Gasteiger partial charge in [-0.15, -0.1) is 0 Å². The first-order valence-corrected chi connectivity index (χ1v) is 18.6. The van der Waals surface area contributed by atoms with Gasteiger partial charge in [0.05, 0.1) is 49.2 Å². The van der Waals surface area contributed by atoms with Crippen LogP contribution >= 0.6 is 0 Å². The number of likely N-dealkylation sites (tertiary alicyclic amines) is 1. The van der Waals surface area contributed by atoms with Gasteiger partial charge in [0.2, 0.25) is 23.6 Å². The van der Waals surface area contributed by atoms with E-state index in [1.54, 1.807) is 42.8 Å². The van der Waals surface area contributed by atoms with Gasteiger partial charge in [0.1, 0.15) is 6.04 Å². The van der Waals surface area contributed by atoms with Crippen LogP contribution in [-0.4, -0.2) is 136 Å². The molecule has 1 fully saturated rings. The molecule has 298 valence electrons. The number of esters is 1. The minimum Gasteiger partial charge on any atom is -0.467 e. The molecule has 4 amide bonds. The number of amides is 4. The first-order chi connectivity index (χ1) is 24.9. The van der Waals surface area contributed by atoms with E-state index in [0.29, 0.717) is 37.1 Å². The van der Waals surface area contributed by atoms with Crippen molar-refractivity contribution >= 4 is 35.2 Å². The van der Waals surface area contributed by atoms with E-state index in [-0.39, 0.29) is 30.1 Å². The largest absolute Gasteiger partial charge is 0.467 e. The van der Waals surface area contributed by atoms with Gasteiger partial charge in [0, 0.05) is 34.4 Å². The van der Waals surface area contributed by atoms with Gasteiger partial charge in [0.15, 0.2) is 6.04 Å². The van der Waals surface area contributed by atoms with E-state index in [1.807, 2.05) is 64.9 Å². The summed E-state index contributed by atoms with van der Waals surface area (Å²) in [5.74, 6) is -2.56. The third kappa shape index (κ3) is 11.8. The quantitative estimate of drug-likeness (QED) is 0.192. The average molecular weight is 744 g/mol. The summed E-state index contributed by atoms with van der Waals surface area (Å²) in [6, 6.07) is 6.28. The van der Waals surface area contributed by atoms with Gasteiger partial charge in [-0.05, 0) is 64.8 Å². The first-order valence-electron chi connectivity index (χ1n) is 18.6. The monoisotopic (exact) mass is 743 g/mol. The number of nitrogens with one attached hydrogen (secondary N) is 2. The van der Waals surface area contributed by atoms with Gasteiger partial charge < -0.3 is 39.5 Å². The Labute approximate surface area is 317 Å². The van der Waals surface area contributed by atoms with E-state index in [9.17, 15) is 24.0 Å². The normalized spacial score (nSPS) is 18.6. The summed E-state index contributed by atoms with van der Waals surface area (Å²) in [7, 11) is 9.78. The molecule has 53 heavy (non-hydrogen) atoms. The second kappa shape index (κ2) is 20.6. The fourth-order valence-electron chi connectivity index (χ4n) is 7.43. The molecule has 1 heterocycles. The van der Waals surface area contributed by atoms with Crippen molar-refractivity contribution in [3.05, 3.63) is 42.5 Å². The summed E-state index contributed by atoms with van der Waals surface area (Å²) in [5, 5.41) is 5.69. The summed E-state index contributed by atoms with van der Waals surface area (Å²) in [5.41, 5.74) is 0.364. The molecule has 0 aliphatic carbocycles. The van der Waals surface area contributed by atoms with Crippen LogP contribution in [0.1, 0.15) is 72.8 Å². The van der Waals surface area contributed by atoms with Crippen molar-refractivity contribution in [2.45, 2.75) is 104 Å². The molecule has 1 aromatic rings. The second-order valence-corrected chi connectivity index (χ2v) is 15.3. The molecule has 2 rings (SSSR count). The smallest absolute Gasteiger partial charge is 0.333 e. The molecule has 13 nitrogen and oxygen atoms in total.